The molecule has 12 heteroatoms. The summed E-state index contributed by atoms with van der Waals surface area (Å²) in [6.45, 7) is 5.69. The third-order valence-corrected chi connectivity index (χ3v) is 4.44. The van der Waals surface area contributed by atoms with Crippen LogP contribution in [0.5, 0.6) is 5.75 Å². The quantitative estimate of drug-likeness (QED) is 0.412. The number of hydrogen-bond acceptors (Lipinski definition) is 9. The summed E-state index contributed by atoms with van der Waals surface area (Å²) < 4.78 is 26.6. The highest BCUT2D eigenvalue weighted by Gasteiger charge is 2.34. The molecule has 0 amide bonds. The Kier molecular flexibility index (Phi) is 12.9. The van der Waals surface area contributed by atoms with E-state index in [1.165, 1.54) is 16.8 Å². The predicted molar refractivity (Wildman–Crippen MR) is 121 cm³/mol. The van der Waals surface area contributed by atoms with Crippen LogP contribution in [0.15, 0.2) is 52.2 Å². The number of carbonyl (C=O) groups is 1. The first-order valence-corrected chi connectivity index (χ1v) is 11.0. The lowest BCUT2D eigenvalue weighted by molar-refractivity contribution is -0.145. The van der Waals surface area contributed by atoms with Gasteiger partial charge in [0.25, 0.3) is 5.56 Å². The monoisotopic (exact) mass is 483 g/mol. The van der Waals surface area contributed by atoms with Gasteiger partial charge in [-0.05, 0) is 32.4 Å². The summed E-state index contributed by atoms with van der Waals surface area (Å²) in [5, 5.41) is 8.63. The van der Waals surface area contributed by atoms with Crippen LogP contribution >= 0.6 is 8.69 Å². The minimum absolute atomic E-state index is 0.0296. The van der Waals surface area contributed by atoms with Crippen LogP contribution in [0.3, 0.4) is 0 Å². The Balaban J connectivity index is 0.000000300. The molecule has 1 aromatic heterocycles. The maximum absolute atomic E-state index is 11.6. The minimum atomic E-state index is -0.497. The Labute approximate surface area is 192 Å². The van der Waals surface area contributed by atoms with E-state index >= 15 is 0 Å². The summed E-state index contributed by atoms with van der Waals surface area (Å²) in [5.41, 5.74) is 4.01. The van der Waals surface area contributed by atoms with Crippen LogP contribution in [0.2, 0.25) is 0 Å². The van der Waals surface area contributed by atoms with Gasteiger partial charge < -0.3 is 20.3 Å². The van der Waals surface area contributed by atoms with Gasteiger partial charge in [0.15, 0.2) is 0 Å². The number of nitrogens with two attached hydrogens (primary N) is 1. The largest absolute Gasteiger partial charge is 0.508 e. The number of ether oxygens (including phenoxy) is 2. The van der Waals surface area contributed by atoms with E-state index in [4.69, 9.17) is 20.1 Å². The second kappa shape index (κ2) is 15.1. The molecule has 3 atom stereocenters. The van der Waals surface area contributed by atoms with Crippen molar-refractivity contribution in [2.24, 2.45) is 11.7 Å². The fourth-order valence-electron chi connectivity index (χ4n) is 2.85. The SMILES string of the molecule is CC(C)OC(=O)CN.CC1CC(COP=O)OC1n1ccc(=O)[nH]c1=O.Oc1ccccc1. The molecule has 4 N–H and O–H groups in total. The maximum atomic E-state index is 11.6. The minimum Gasteiger partial charge on any atom is -0.508 e. The van der Waals surface area contributed by atoms with E-state index in [-0.39, 0.29) is 45.9 Å². The standard InChI is InChI=1S/C10H13N2O5P.C6H6O.C5H11NO2/c1-6-4-7(5-16-18-15)17-9(6)12-3-2-8(13)11-10(12)14;7-6-4-2-1-3-5-6;1-4(2)8-5(7)3-6/h2-3,6-7,9H,4-5H2,1H3,(H,11,13,14);1-5,7H;4H,3,6H2,1-2H3. The highest BCUT2D eigenvalue weighted by atomic mass is 31.1. The van der Waals surface area contributed by atoms with E-state index in [9.17, 15) is 18.9 Å². The second-order valence-corrected chi connectivity index (χ2v) is 7.73. The van der Waals surface area contributed by atoms with Gasteiger partial charge in [0, 0.05) is 18.2 Å². The number of aromatic nitrogens is 2. The summed E-state index contributed by atoms with van der Waals surface area (Å²) in [6.07, 6.45) is 1.42. The van der Waals surface area contributed by atoms with E-state index < -0.39 is 17.5 Å². The van der Waals surface area contributed by atoms with Gasteiger partial charge >= 0.3 is 20.3 Å². The van der Waals surface area contributed by atoms with Gasteiger partial charge in [-0.1, -0.05) is 25.1 Å². The van der Waals surface area contributed by atoms with E-state index in [1.54, 1.807) is 38.1 Å². The molecule has 3 unspecified atom stereocenters. The van der Waals surface area contributed by atoms with Gasteiger partial charge in [-0.15, -0.1) is 0 Å². The zero-order chi connectivity index (χ0) is 24.8. The smallest absolute Gasteiger partial charge is 0.330 e. The first-order chi connectivity index (χ1) is 15.7. The van der Waals surface area contributed by atoms with Crippen molar-refractivity contribution < 1.29 is 28.5 Å². The van der Waals surface area contributed by atoms with Crippen LogP contribution in [-0.2, 0) is 23.4 Å². The number of phenols is 1. The van der Waals surface area contributed by atoms with Crippen molar-refractivity contribution in [1.82, 2.24) is 9.55 Å². The fourth-order valence-corrected chi connectivity index (χ4v) is 3.07. The van der Waals surface area contributed by atoms with Gasteiger partial charge in [0.1, 0.15) is 12.0 Å². The van der Waals surface area contributed by atoms with Crippen LogP contribution in [0.4, 0.5) is 0 Å². The lowest BCUT2D eigenvalue weighted by Gasteiger charge is -2.17. The number of hydrogen-bond donors (Lipinski definition) is 3. The number of benzene rings is 1. The molecule has 1 saturated heterocycles. The average molecular weight is 483 g/mol. The fraction of sp³-hybridized carbons (Fsp3) is 0.476. The van der Waals surface area contributed by atoms with Gasteiger partial charge in [-0.3, -0.25) is 23.7 Å². The molecule has 2 aromatic rings. The zero-order valence-corrected chi connectivity index (χ0v) is 19.6. The Hall–Kier alpha value is -2.85. The summed E-state index contributed by atoms with van der Waals surface area (Å²) in [6, 6.07) is 9.99. The van der Waals surface area contributed by atoms with Crippen molar-refractivity contribution in [3.8, 4) is 5.75 Å². The van der Waals surface area contributed by atoms with Gasteiger partial charge in [0.2, 0.25) is 0 Å². The molecule has 0 bridgehead atoms. The number of esters is 1. The number of nitrogens with one attached hydrogen (secondary N) is 1. The highest BCUT2D eigenvalue weighted by molar-refractivity contribution is 7.17. The number of H-pyrrole nitrogens is 1. The lowest BCUT2D eigenvalue weighted by Crippen LogP contribution is -2.33. The molecule has 3 rings (SSSR count). The number of nitrogens with zero attached hydrogens (tertiary/aromatic N) is 1. The third kappa shape index (κ3) is 11.0. The van der Waals surface area contributed by atoms with Gasteiger partial charge in [-0.25, -0.2) is 9.36 Å². The maximum Gasteiger partial charge on any atom is 0.330 e. The molecular formula is C21H30N3O8P. The number of aromatic amines is 1. The molecule has 1 fully saturated rings. The molecule has 1 aromatic carbocycles. The molecule has 33 heavy (non-hydrogen) atoms. The number of aromatic hydroxyl groups is 1. The zero-order valence-electron chi connectivity index (χ0n) is 18.7. The van der Waals surface area contributed by atoms with Crippen LogP contribution < -0.4 is 17.0 Å². The van der Waals surface area contributed by atoms with Crippen molar-refractivity contribution >= 4 is 14.7 Å². The summed E-state index contributed by atoms with van der Waals surface area (Å²) >= 11 is 0. The van der Waals surface area contributed by atoms with Crippen LogP contribution in [0.25, 0.3) is 0 Å². The Morgan fingerprint density at radius 1 is 1.30 bits per heavy atom. The molecule has 2 heterocycles. The lowest BCUT2D eigenvalue weighted by atomic mass is 10.1. The predicted octanol–water partition coefficient (Wildman–Crippen LogP) is 1.97. The average Bonchev–Trinajstić information content (AvgIpc) is 3.13. The number of phenolic OH excluding ortho intramolecular Hbond substituents is 1. The molecular weight excluding hydrogens is 453 g/mol. The first kappa shape index (κ1) is 28.2. The Bertz CT molecular complexity index is 964. The molecule has 1 aliphatic heterocycles. The van der Waals surface area contributed by atoms with Crippen LogP contribution in [-0.4, -0.2) is 46.0 Å². The van der Waals surface area contributed by atoms with Crippen molar-refractivity contribution in [1.29, 1.82) is 0 Å². The van der Waals surface area contributed by atoms with E-state index in [0.29, 0.717) is 12.2 Å². The number of para-hydroxylation sites is 1. The normalized spacial score (nSPS) is 19.2. The first-order valence-electron chi connectivity index (χ1n) is 10.2. The Morgan fingerprint density at radius 3 is 2.42 bits per heavy atom. The summed E-state index contributed by atoms with van der Waals surface area (Å²) in [5.74, 6) is 0.0769. The van der Waals surface area contributed by atoms with Crippen LogP contribution in [0.1, 0.15) is 33.4 Å². The highest BCUT2D eigenvalue weighted by Crippen LogP contribution is 2.33. The second-order valence-electron chi connectivity index (χ2n) is 7.33. The van der Waals surface area contributed by atoms with E-state index in [2.05, 4.69) is 9.72 Å². The third-order valence-electron chi connectivity index (χ3n) is 4.18. The van der Waals surface area contributed by atoms with Crippen molar-refractivity contribution in [2.45, 2.75) is 45.6 Å². The van der Waals surface area contributed by atoms with Gasteiger partial charge in [0.05, 0.1) is 25.4 Å². The van der Waals surface area contributed by atoms with Crippen molar-refractivity contribution in [2.75, 3.05) is 13.2 Å². The Morgan fingerprint density at radius 2 is 1.97 bits per heavy atom. The van der Waals surface area contributed by atoms with Gasteiger partial charge in [-0.2, -0.15) is 0 Å². The molecule has 0 aliphatic carbocycles. The molecule has 0 saturated carbocycles. The van der Waals surface area contributed by atoms with E-state index in [1.807, 2.05) is 13.0 Å². The molecule has 11 nitrogen and oxygen atoms in total. The number of carbonyl (C=O) groups excluding carboxylic acids is 1. The van der Waals surface area contributed by atoms with Crippen molar-refractivity contribution in [3.05, 3.63) is 63.4 Å². The summed E-state index contributed by atoms with van der Waals surface area (Å²) in [7, 11) is -0.385. The molecule has 182 valence electrons. The molecule has 0 spiro atoms. The number of rotatable bonds is 6. The van der Waals surface area contributed by atoms with Crippen LogP contribution in [0, 0.1) is 5.92 Å². The topological polar surface area (TPSA) is 163 Å². The molecule has 0 radical (unpaired) electrons. The summed E-state index contributed by atoms with van der Waals surface area (Å²) in [4.78, 5) is 35.1. The molecule has 1 aliphatic rings. The van der Waals surface area contributed by atoms with E-state index in [0.717, 1.165) is 0 Å². The van der Waals surface area contributed by atoms with Crippen molar-refractivity contribution in [3.63, 3.8) is 0 Å².